The molecule has 3 rings (SSSR count). The number of carbonyl (C=O) groups is 1. The third-order valence-electron chi connectivity index (χ3n) is 5.00. The molecular weight excluding hydrogens is 350 g/mol. The van der Waals surface area contributed by atoms with E-state index in [1.54, 1.807) is 25.1 Å². The third-order valence-corrected chi connectivity index (χ3v) is 6.38. The summed E-state index contributed by atoms with van der Waals surface area (Å²) in [5.41, 5.74) is 2.17. The van der Waals surface area contributed by atoms with E-state index in [0.29, 0.717) is 11.5 Å². The highest BCUT2D eigenvalue weighted by Crippen LogP contribution is 2.33. The second-order valence-electron chi connectivity index (χ2n) is 6.84. The van der Waals surface area contributed by atoms with E-state index in [9.17, 15) is 13.2 Å². The Morgan fingerprint density at radius 2 is 1.69 bits per heavy atom. The Morgan fingerprint density at radius 1 is 1.04 bits per heavy atom. The van der Waals surface area contributed by atoms with Gasteiger partial charge in [-0.25, -0.2) is 13.2 Å². The Kier molecular flexibility index (Phi) is 5.32. The predicted octanol–water partition coefficient (Wildman–Crippen LogP) is 4.54. The molecular formula is C20H23NO4S. The third kappa shape index (κ3) is 4.07. The van der Waals surface area contributed by atoms with Gasteiger partial charge in [0.1, 0.15) is 0 Å². The minimum absolute atomic E-state index is 0.0425. The van der Waals surface area contributed by atoms with Crippen molar-refractivity contribution in [1.29, 1.82) is 0 Å². The molecule has 6 heteroatoms. The van der Waals surface area contributed by atoms with Gasteiger partial charge in [0, 0.05) is 0 Å². The zero-order chi connectivity index (χ0) is 18.7. The summed E-state index contributed by atoms with van der Waals surface area (Å²) in [7, 11) is -3.77. The number of carboxylic acids is 1. The van der Waals surface area contributed by atoms with Crippen LogP contribution in [0.25, 0.3) is 0 Å². The molecule has 0 spiro atoms. The maximum absolute atomic E-state index is 12.7. The lowest BCUT2D eigenvalue weighted by Gasteiger charge is -2.22. The molecule has 1 aliphatic rings. The molecule has 138 valence electrons. The van der Waals surface area contributed by atoms with Crippen LogP contribution >= 0.6 is 0 Å². The summed E-state index contributed by atoms with van der Waals surface area (Å²) in [6.07, 6.45) is 6.05. The first-order chi connectivity index (χ1) is 12.4. The number of aromatic carboxylic acids is 1. The van der Waals surface area contributed by atoms with E-state index in [-0.39, 0.29) is 16.1 Å². The Balaban J connectivity index is 1.82. The number of sulfonamides is 1. The first-order valence-electron chi connectivity index (χ1n) is 8.83. The Labute approximate surface area is 154 Å². The van der Waals surface area contributed by atoms with E-state index in [2.05, 4.69) is 4.72 Å². The first-order valence-corrected chi connectivity index (χ1v) is 10.3. The average Bonchev–Trinajstić information content (AvgIpc) is 2.64. The summed E-state index contributed by atoms with van der Waals surface area (Å²) in [6, 6.07) is 11.4. The van der Waals surface area contributed by atoms with Gasteiger partial charge in [0.15, 0.2) is 0 Å². The lowest BCUT2D eigenvalue weighted by Crippen LogP contribution is -2.14. The number of hydrogen-bond donors (Lipinski definition) is 2. The SMILES string of the molecule is Cc1ccc(C(=O)O)cc1NS(=O)(=O)c1ccc(C2CCCCC2)cc1. The Bertz CT molecular complexity index is 898. The van der Waals surface area contributed by atoms with Crippen molar-refractivity contribution >= 4 is 21.7 Å². The van der Waals surface area contributed by atoms with Crippen LogP contribution in [-0.2, 0) is 10.0 Å². The summed E-state index contributed by atoms with van der Waals surface area (Å²) in [5, 5.41) is 9.09. The summed E-state index contributed by atoms with van der Waals surface area (Å²) < 4.78 is 27.8. The highest BCUT2D eigenvalue weighted by molar-refractivity contribution is 7.92. The van der Waals surface area contributed by atoms with Gasteiger partial charge in [0.25, 0.3) is 10.0 Å². The van der Waals surface area contributed by atoms with Crippen LogP contribution in [0.1, 0.15) is 59.5 Å². The van der Waals surface area contributed by atoms with Crippen molar-refractivity contribution in [3.05, 3.63) is 59.2 Å². The molecule has 1 saturated carbocycles. The highest BCUT2D eigenvalue weighted by Gasteiger charge is 2.19. The van der Waals surface area contributed by atoms with Crippen molar-refractivity contribution < 1.29 is 18.3 Å². The summed E-state index contributed by atoms with van der Waals surface area (Å²) in [4.78, 5) is 11.3. The predicted molar refractivity (Wildman–Crippen MR) is 101 cm³/mol. The topological polar surface area (TPSA) is 83.5 Å². The van der Waals surface area contributed by atoms with E-state index < -0.39 is 16.0 Å². The molecule has 1 fully saturated rings. The normalized spacial score (nSPS) is 15.6. The smallest absolute Gasteiger partial charge is 0.335 e. The largest absolute Gasteiger partial charge is 0.478 e. The second kappa shape index (κ2) is 7.50. The molecule has 0 amide bonds. The number of hydrogen-bond acceptors (Lipinski definition) is 3. The Hall–Kier alpha value is -2.34. The highest BCUT2D eigenvalue weighted by atomic mass is 32.2. The first kappa shape index (κ1) is 18.5. The van der Waals surface area contributed by atoms with E-state index in [1.165, 1.54) is 37.0 Å². The molecule has 26 heavy (non-hydrogen) atoms. The van der Waals surface area contributed by atoms with Crippen LogP contribution < -0.4 is 4.72 Å². The molecule has 1 aliphatic carbocycles. The van der Waals surface area contributed by atoms with E-state index >= 15 is 0 Å². The molecule has 0 heterocycles. The number of benzene rings is 2. The maximum Gasteiger partial charge on any atom is 0.335 e. The molecule has 0 radical (unpaired) electrons. The van der Waals surface area contributed by atoms with Gasteiger partial charge < -0.3 is 5.11 Å². The fraction of sp³-hybridized carbons (Fsp3) is 0.350. The quantitative estimate of drug-likeness (QED) is 0.806. The number of anilines is 1. The number of aryl methyl sites for hydroxylation is 1. The summed E-state index contributed by atoms with van der Waals surface area (Å²) in [6.45, 7) is 1.73. The van der Waals surface area contributed by atoms with Crippen LogP contribution in [0.15, 0.2) is 47.4 Å². The van der Waals surface area contributed by atoms with Crippen LogP contribution in [0, 0.1) is 6.92 Å². The lowest BCUT2D eigenvalue weighted by molar-refractivity contribution is 0.0697. The molecule has 0 unspecified atom stereocenters. The van der Waals surface area contributed by atoms with Crippen molar-refractivity contribution in [2.24, 2.45) is 0 Å². The minimum atomic E-state index is -3.77. The van der Waals surface area contributed by atoms with Gasteiger partial charge in [-0.05, 0) is 61.1 Å². The molecule has 2 aromatic carbocycles. The fourth-order valence-corrected chi connectivity index (χ4v) is 4.55. The number of carboxylic acid groups (broad SMARTS) is 1. The van der Waals surface area contributed by atoms with Gasteiger partial charge >= 0.3 is 5.97 Å². The standard InChI is InChI=1S/C20H23NO4S/c1-14-7-8-17(20(22)23)13-19(14)21-26(24,25)18-11-9-16(10-12-18)15-5-3-2-4-6-15/h7-13,15,21H,2-6H2,1H3,(H,22,23). The van der Waals surface area contributed by atoms with E-state index in [1.807, 2.05) is 12.1 Å². The van der Waals surface area contributed by atoms with Crippen molar-refractivity contribution in [3.63, 3.8) is 0 Å². The molecule has 2 N–H and O–H groups in total. The monoisotopic (exact) mass is 373 g/mol. The van der Waals surface area contributed by atoms with E-state index in [4.69, 9.17) is 5.11 Å². The molecule has 0 saturated heterocycles. The molecule has 0 aliphatic heterocycles. The lowest BCUT2D eigenvalue weighted by atomic mass is 9.84. The van der Waals surface area contributed by atoms with Crippen LogP contribution in [0.2, 0.25) is 0 Å². The van der Waals surface area contributed by atoms with Crippen molar-refractivity contribution in [1.82, 2.24) is 0 Å². The average molecular weight is 373 g/mol. The summed E-state index contributed by atoms with van der Waals surface area (Å²) >= 11 is 0. The van der Waals surface area contributed by atoms with Gasteiger partial charge in [-0.2, -0.15) is 0 Å². The van der Waals surface area contributed by atoms with Crippen LogP contribution in [-0.4, -0.2) is 19.5 Å². The fourth-order valence-electron chi connectivity index (χ4n) is 3.42. The molecule has 0 atom stereocenters. The number of nitrogens with one attached hydrogen (secondary N) is 1. The molecule has 5 nitrogen and oxygen atoms in total. The molecule has 0 aromatic heterocycles. The van der Waals surface area contributed by atoms with Crippen LogP contribution in [0.5, 0.6) is 0 Å². The van der Waals surface area contributed by atoms with Crippen molar-refractivity contribution in [2.75, 3.05) is 4.72 Å². The summed E-state index contributed by atoms with van der Waals surface area (Å²) in [5.74, 6) is -0.578. The second-order valence-corrected chi connectivity index (χ2v) is 8.53. The van der Waals surface area contributed by atoms with Crippen LogP contribution in [0.4, 0.5) is 5.69 Å². The Morgan fingerprint density at radius 3 is 2.31 bits per heavy atom. The van der Waals surface area contributed by atoms with Crippen molar-refractivity contribution in [3.8, 4) is 0 Å². The number of rotatable bonds is 5. The molecule has 2 aromatic rings. The molecule has 0 bridgehead atoms. The van der Waals surface area contributed by atoms with Gasteiger partial charge in [-0.15, -0.1) is 0 Å². The van der Waals surface area contributed by atoms with Gasteiger partial charge in [0.05, 0.1) is 16.1 Å². The minimum Gasteiger partial charge on any atom is -0.478 e. The zero-order valence-corrected chi connectivity index (χ0v) is 15.6. The van der Waals surface area contributed by atoms with E-state index in [0.717, 1.165) is 12.8 Å². The zero-order valence-electron chi connectivity index (χ0n) is 14.7. The maximum atomic E-state index is 12.7. The van der Waals surface area contributed by atoms with Crippen molar-refractivity contribution in [2.45, 2.75) is 49.8 Å². The van der Waals surface area contributed by atoms with Gasteiger partial charge in [-0.3, -0.25) is 4.72 Å². The van der Waals surface area contributed by atoms with Crippen LogP contribution in [0.3, 0.4) is 0 Å². The van der Waals surface area contributed by atoms with Gasteiger partial charge in [0.2, 0.25) is 0 Å². The van der Waals surface area contributed by atoms with Gasteiger partial charge in [-0.1, -0.05) is 37.5 Å².